The van der Waals surface area contributed by atoms with Crippen LogP contribution in [0.1, 0.15) is 50.8 Å². The van der Waals surface area contributed by atoms with E-state index in [1.165, 1.54) is 6.07 Å². The average molecular weight is 480 g/mol. The van der Waals surface area contributed by atoms with Gasteiger partial charge in [0.2, 0.25) is 5.91 Å². The predicted octanol–water partition coefficient (Wildman–Crippen LogP) is 1.65. The van der Waals surface area contributed by atoms with Gasteiger partial charge in [-0.05, 0) is 37.8 Å². The first-order chi connectivity index (χ1) is 16.2. The Morgan fingerprint density at radius 2 is 1.79 bits per heavy atom. The molecule has 2 aliphatic heterocycles. The van der Waals surface area contributed by atoms with Crippen LogP contribution in [0, 0.1) is 5.92 Å². The number of fused-ring (bicyclic) bond motifs is 1. The molecule has 0 unspecified atom stereocenters. The van der Waals surface area contributed by atoms with Gasteiger partial charge < -0.3 is 10.2 Å². The lowest BCUT2D eigenvalue weighted by molar-refractivity contribution is -0.146. The van der Waals surface area contributed by atoms with Crippen LogP contribution in [0.15, 0.2) is 12.1 Å². The summed E-state index contributed by atoms with van der Waals surface area (Å²) in [6.45, 7) is 0.730. The van der Waals surface area contributed by atoms with Crippen LogP contribution in [0.4, 0.5) is 23.8 Å². The highest BCUT2D eigenvalue weighted by atomic mass is 19.4. The normalized spacial score (nSPS) is 21.4. The van der Waals surface area contributed by atoms with Gasteiger partial charge in [-0.2, -0.15) is 22.7 Å². The van der Waals surface area contributed by atoms with Crippen LogP contribution < -0.4 is 15.6 Å². The molecule has 2 saturated heterocycles. The molecule has 0 aromatic carbocycles. The van der Waals surface area contributed by atoms with Crippen molar-refractivity contribution in [2.24, 2.45) is 5.92 Å². The van der Waals surface area contributed by atoms with Gasteiger partial charge in [-0.25, -0.2) is 4.79 Å². The van der Waals surface area contributed by atoms with Crippen molar-refractivity contribution in [3.05, 3.63) is 18.0 Å². The number of halogens is 3. The SMILES string of the molecule is O=C(NN1C(=O)NC2(CCCCC2)C1=O)C1CCN(c2ccc3nnc(C(F)(F)F)n3n2)CC1. The average Bonchev–Trinajstić information content (AvgIpc) is 3.34. The number of alkyl halides is 3. The second-order valence-electron chi connectivity index (χ2n) is 8.93. The second-order valence-corrected chi connectivity index (χ2v) is 8.93. The van der Waals surface area contributed by atoms with E-state index in [0.29, 0.717) is 49.1 Å². The van der Waals surface area contributed by atoms with E-state index < -0.39 is 41.3 Å². The number of hydrazine groups is 1. The number of carbonyl (C=O) groups is 3. The van der Waals surface area contributed by atoms with Gasteiger partial charge in [-0.15, -0.1) is 15.3 Å². The first-order valence-electron chi connectivity index (χ1n) is 11.2. The maximum atomic E-state index is 13.1. The van der Waals surface area contributed by atoms with Gasteiger partial charge in [0.1, 0.15) is 11.4 Å². The van der Waals surface area contributed by atoms with Crippen molar-refractivity contribution in [2.45, 2.75) is 56.7 Å². The minimum Gasteiger partial charge on any atom is -0.355 e. The molecule has 2 aromatic heterocycles. The van der Waals surface area contributed by atoms with Crippen LogP contribution in [0.25, 0.3) is 5.65 Å². The number of aromatic nitrogens is 4. The quantitative estimate of drug-likeness (QED) is 0.640. The van der Waals surface area contributed by atoms with E-state index in [1.807, 2.05) is 0 Å². The minimum absolute atomic E-state index is 0.0189. The first-order valence-corrected chi connectivity index (χ1v) is 11.2. The lowest BCUT2D eigenvalue weighted by Crippen LogP contribution is -2.52. The Balaban J connectivity index is 1.22. The summed E-state index contributed by atoms with van der Waals surface area (Å²) in [4.78, 5) is 39.8. The molecule has 3 aliphatic rings. The zero-order valence-corrected chi connectivity index (χ0v) is 18.1. The number of nitrogens with one attached hydrogen (secondary N) is 2. The van der Waals surface area contributed by atoms with E-state index >= 15 is 0 Å². The summed E-state index contributed by atoms with van der Waals surface area (Å²) in [5.74, 6) is -2.20. The number of urea groups is 1. The van der Waals surface area contributed by atoms with Gasteiger partial charge in [-0.3, -0.25) is 15.0 Å². The molecule has 0 bridgehead atoms. The molecule has 2 aromatic rings. The summed E-state index contributed by atoms with van der Waals surface area (Å²) in [5.41, 5.74) is 1.53. The Bertz CT molecular complexity index is 1140. The first kappa shape index (κ1) is 22.3. The van der Waals surface area contributed by atoms with Crippen LogP contribution in [0.2, 0.25) is 0 Å². The van der Waals surface area contributed by atoms with Crippen LogP contribution in [0.3, 0.4) is 0 Å². The molecule has 0 atom stereocenters. The number of piperidine rings is 1. The highest BCUT2D eigenvalue weighted by molar-refractivity contribution is 6.08. The van der Waals surface area contributed by atoms with Crippen LogP contribution >= 0.6 is 0 Å². The van der Waals surface area contributed by atoms with Crippen molar-refractivity contribution in [3.63, 3.8) is 0 Å². The molecule has 1 aliphatic carbocycles. The lowest BCUT2D eigenvalue weighted by Gasteiger charge is -2.33. The number of carbonyl (C=O) groups excluding carboxylic acids is 3. The molecule has 1 saturated carbocycles. The van der Waals surface area contributed by atoms with Gasteiger partial charge in [0.25, 0.3) is 11.7 Å². The third-order valence-electron chi connectivity index (χ3n) is 6.78. The minimum atomic E-state index is -4.69. The maximum Gasteiger partial charge on any atom is 0.453 e. The molecular formula is C20H23F3N8O3. The number of imide groups is 1. The van der Waals surface area contributed by atoms with Gasteiger partial charge in [0, 0.05) is 19.0 Å². The van der Waals surface area contributed by atoms with Gasteiger partial charge in [0.05, 0.1) is 0 Å². The number of hydrogen-bond donors (Lipinski definition) is 2. The summed E-state index contributed by atoms with van der Waals surface area (Å²) in [7, 11) is 0. The number of amides is 4. The van der Waals surface area contributed by atoms with Gasteiger partial charge >= 0.3 is 12.2 Å². The molecule has 2 N–H and O–H groups in total. The van der Waals surface area contributed by atoms with E-state index in [0.717, 1.165) is 24.3 Å². The maximum absolute atomic E-state index is 13.1. The Morgan fingerprint density at radius 1 is 1.09 bits per heavy atom. The molecule has 182 valence electrons. The molecule has 1 spiro atoms. The van der Waals surface area contributed by atoms with E-state index in [-0.39, 0.29) is 5.65 Å². The Labute approximate surface area is 191 Å². The number of nitrogens with zero attached hydrogens (tertiary/aromatic N) is 6. The molecule has 14 heteroatoms. The Hall–Kier alpha value is -3.45. The highest BCUT2D eigenvalue weighted by Gasteiger charge is 2.52. The molecule has 0 radical (unpaired) electrons. The summed E-state index contributed by atoms with van der Waals surface area (Å²) >= 11 is 0. The highest BCUT2D eigenvalue weighted by Crippen LogP contribution is 2.33. The van der Waals surface area contributed by atoms with Crippen molar-refractivity contribution < 1.29 is 27.6 Å². The zero-order valence-electron chi connectivity index (χ0n) is 18.1. The van der Waals surface area contributed by atoms with Crippen molar-refractivity contribution in [1.29, 1.82) is 0 Å². The fourth-order valence-corrected chi connectivity index (χ4v) is 4.91. The van der Waals surface area contributed by atoms with E-state index in [4.69, 9.17) is 0 Å². The van der Waals surface area contributed by atoms with Gasteiger partial charge in [-0.1, -0.05) is 19.3 Å². The topological polar surface area (TPSA) is 125 Å². The summed E-state index contributed by atoms with van der Waals surface area (Å²) in [6.07, 6.45) is -0.122. The fraction of sp³-hybridized carbons (Fsp3) is 0.600. The molecule has 4 amide bonds. The molecular weight excluding hydrogens is 457 g/mol. The monoisotopic (exact) mass is 480 g/mol. The molecule has 4 heterocycles. The summed E-state index contributed by atoms with van der Waals surface area (Å²) < 4.78 is 40.0. The molecule has 11 nitrogen and oxygen atoms in total. The van der Waals surface area contributed by atoms with Crippen LogP contribution in [-0.4, -0.2) is 61.3 Å². The summed E-state index contributed by atoms with van der Waals surface area (Å²) in [5, 5.41) is 14.2. The molecule has 3 fully saturated rings. The second kappa shape index (κ2) is 8.09. The van der Waals surface area contributed by atoms with Crippen molar-refractivity contribution >= 4 is 29.3 Å². The van der Waals surface area contributed by atoms with Crippen molar-refractivity contribution in [3.8, 4) is 0 Å². The smallest absolute Gasteiger partial charge is 0.355 e. The third-order valence-corrected chi connectivity index (χ3v) is 6.78. The predicted molar refractivity (Wildman–Crippen MR) is 110 cm³/mol. The largest absolute Gasteiger partial charge is 0.453 e. The standard InChI is InChI=1S/C20H23F3N8O3/c21-20(22,23)16-26-25-13-4-5-14(27-30(13)16)29-10-6-12(7-11-29)15(32)28-31-17(33)19(24-18(31)34)8-2-1-3-9-19/h4-5,12H,1-3,6-11H2,(H,24,34)(H,28,32). The molecule has 5 rings (SSSR count). The van der Waals surface area contributed by atoms with Gasteiger partial charge in [0.15, 0.2) is 5.65 Å². The van der Waals surface area contributed by atoms with E-state index in [1.54, 1.807) is 11.0 Å². The molecule has 34 heavy (non-hydrogen) atoms. The van der Waals surface area contributed by atoms with Crippen molar-refractivity contribution in [1.82, 2.24) is 35.6 Å². The Kier molecular flexibility index (Phi) is 5.32. The number of anilines is 1. The third kappa shape index (κ3) is 3.80. The number of hydrogen-bond acceptors (Lipinski definition) is 7. The van der Waals surface area contributed by atoms with Crippen LogP contribution in [0.5, 0.6) is 0 Å². The number of rotatable bonds is 3. The lowest BCUT2D eigenvalue weighted by atomic mass is 9.82. The van der Waals surface area contributed by atoms with Crippen molar-refractivity contribution in [2.75, 3.05) is 18.0 Å². The van der Waals surface area contributed by atoms with E-state index in [9.17, 15) is 27.6 Å². The van der Waals surface area contributed by atoms with E-state index in [2.05, 4.69) is 26.0 Å². The Morgan fingerprint density at radius 3 is 2.47 bits per heavy atom. The van der Waals surface area contributed by atoms with Crippen LogP contribution in [-0.2, 0) is 15.8 Å². The summed E-state index contributed by atoms with van der Waals surface area (Å²) in [6, 6.07) is 2.34. The zero-order chi connectivity index (χ0) is 24.1. The fourth-order valence-electron chi connectivity index (χ4n) is 4.91.